The molecule has 0 aliphatic heterocycles. The highest BCUT2D eigenvalue weighted by molar-refractivity contribution is 6.31. The predicted octanol–water partition coefficient (Wildman–Crippen LogP) is 4.57. The number of aromatic nitrogens is 1. The van der Waals surface area contributed by atoms with E-state index in [1.54, 1.807) is 7.11 Å². The highest BCUT2D eigenvalue weighted by Gasteiger charge is 2.33. The van der Waals surface area contributed by atoms with Crippen LogP contribution < -0.4 is 10.1 Å². The Morgan fingerprint density at radius 1 is 1.23 bits per heavy atom. The Labute approximate surface area is 157 Å². The van der Waals surface area contributed by atoms with Crippen molar-refractivity contribution < 1.29 is 9.53 Å². The number of fused-ring (bicyclic) bond motifs is 1. The normalized spacial score (nSPS) is 15.0. The predicted molar refractivity (Wildman–Crippen MR) is 104 cm³/mol. The third-order valence-electron chi connectivity index (χ3n) is 4.93. The summed E-state index contributed by atoms with van der Waals surface area (Å²) in [5, 5.41) is 4.97. The monoisotopic (exact) mass is 368 g/mol. The van der Waals surface area contributed by atoms with Gasteiger partial charge in [0.15, 0.2) is 0 Å². The van der Waals surface area contributed by atoms with Crippen molar-refractivity contribution >= 4 is 28.4 Å². The Bertz CT molecular complexity index is 929. The van der Waals surface area contributed by atoms with Crippen LogP contribution in [0.25, 0.3) is 10.9 Å². The first-order valence-corrected chi connectivity index (χ1v) is 9.19. The van der Waals surface area contributed by atoms with E-state index in [0.29, 0.717) is 10.9 Å². The average Bonchev–Trinajstić information content (AvgIpc) is 3.43. The summed E-state index contributed by atoms with van der Waals surface area (Å²) in [6, 6.07) is 15.7. The first kappa shape index (κ1) is 17.0. The van der Waals surface area contributed by atoms with Crippen LogP contribution in [0.3, 0.4) is 0 Å². The van der Waals surface area contributed by atoms with E-state index in [4.69, 9.17) is 16.3 Å². The van der Waals surface area contributed by atoms with Crippen molar-refractivity contribution in [3.8, 4) is 5.75 Å². The molecule has 2 aromatic carbocycles. The van der Waals surface area contributed by atoms with Crippen LogP contribution in [0.4, 0.5) is 0 Å². The van der Waals surface area contributed by atoms with Crippen molar-refractivity contribution in [1.82, 2.24) is 9.88 Å². The molecular weight excluding hydrogens is 348 g/mol. The lowest BCUT2D eigenvalue weighted by molar-refractivity contribution is -0.122. The van der Waals surface area contributed by atoms with Gasteiger partial charge in [-0.1, -0.05) is 29.8 Å². The molecule has 1 heterocycles. The van der Waals surface area contributed by atoms with Gasteiger partial charge in [0, 0.05) is 16.7 Å². The quantitative estimate of drug-likeness (QED) is 0.692. The Kier molecular flexibility index (Phi) is 4.60. The molecule has 1 fully saturated rings. The number of hydrogen-bond acceptors (Lipinski definition) is 2. The molecular formula is C21H21ClN2O2. The van der Waals surface area contributed by atoms with Crippen LogP contribution in [0.5, 0.6) is 5.75 Å². The number of carbonyl (C=O) groups is 1. The maximum Gasteiger partial charge on any atom is 0.240 e. The molecule has 1 amide bonds. The number of nitrogens with one attached hydrogen (secondary N) is 1. The molecule has 1 unspecified atom stereocenters. The van der Waals surface area contributed by atoms with Gasteiger partial charge in [-0.05, 0) is 60.0 Å². The van der Waals surface area contributed by atoms with Crippen LogP contribution in [-0.2, 0) is 11.3 Å². The van der Waals surface area contributed by atoms with E-state index < -0.39 is 0 Å². The molecule has 4 nitrogen and oxygen atoms in total. The second kappa shape index (κ2) is 7.04. The number of halogens is 1. The zero-order valence-corrected chi connectivity index (χ0v) is 15.4. The lowest BCUT2D eigenvalue weighted by Crippen LogP contribution is -2.32. The summed E-state index contributed by atoms with van der Waals surface area (Å²) < 4.78 is 7.16. The molecule has 1 aliphatic rings. The molecule has 0 spiro atoms. The fraction of sp³-hybridized carbons (Fsp3) is 0.286. The number of benzene rings is 2. The number of methoxy groups -OCH3 is 1. The summed E-state index contributed by atoms with van der Waals surface area (Å²) in [4.78, 5) is 12.7. The molecule has 134 valence electrons. The van der Waals surface area contributed by atoms with Gasteiger partial charge in [0.05, 0.1) is 13.2 Å². The van der Waals surface area contributed by atoms with Gasteiger partial charge in [0.25, 0.3) is 0 Å². The minimum Gasteiger partial charge on any atom is -0.497 e. The van der Waals surface area contributed by atoms with Gasteiger partial charge >= 0.3 is 0 Å². The standard InChI is InChI=1S/C21H21ClN2O2/c1-26-18-8-5-16(6-9-18)21(15-2-3-15)23-20(25)13-24-11-10-14-4-7-17(22)12-19(14)24/h4-12,15,21H,2-3,13H2,1H3,(H,23,25). The highest BCUT2D eigenvalue weighted by Crippen LogP contribution is 2.41. The zero-order valence-electron chi connectivity index (χ0n) is 14.6. The number of carbonyl (C=O) groups excluding carboxylic acids is 1. The molecule has 0 radical (unpaired) electrons. The van der Waals surface area contributed by atoms with E-state index >= 15 is 0 Å². The van der Waals surface area contributed by atoms with E-state index in [1.165, 1.54) is 0 Å². The third kappa shape index (κ3) is 3.56. The molecule has 3 aromatic rings. The Morgan fingerprint density at radius 3 is 2.69 bits per heavy atom. The number of nitrogens with zero attached hydrogens (tertiary/aromatic N) is 1. The minimum absolute atomic E-state index is 0.00944. The lowest BCUT2D eigenvalue weighted by Gasteiger charge is -2.19. The molecule has 5 heteroatoms. The number of hydrogen-bond donors (Lipinski definition) is 1. The Hall–Kier alpha value is -2.46. The molecule has 1 saturated carbocycles. The summed E-state index contributed by atoms with van der Waals surface area (Å²) >= 11 is 6.10. The third-order valence-corrected chi connectivity index (χ3v) is 5.17. The second-order valence-corrected chi connectivity index (χ2v) is 7.24. The van der Waals surface area contributed by atoms with Gasteiger partial charge in [-0.3, -0.25) is 4.79 Å². The van der Waals surface area contributed by atoms with Gasteiger partial charge in [-0.15, -0.1) is 0 Å². The summed E-state index contributed by atoms with van der Waals surface area (Å²) in [6.45, 7) is 0.281. The maximum absolute atomic E-state index is 12.7. The first-order valence-electron chi connectivity index (χ1n) is 8.82. The van der Waals surface area contributed by atoms with Gasteiger partial charge in [0.1, 0.15) is 12.3 Å². The van der Waals surface area contributed by atoms with Gasteiger partial charge < -0.3 is 14.6 Å². The number of ether oxygens (including phenoxy) is 1. The smallest absolute Gasteiger partial charge is 0.240 e. The first-order chi connectivity index (χ1) is 12.6. The summed E-state index contributed by atoms with van der Waals surface area (Å²) in [7, 11) is 1.66. The van der Waals surface area contributed by atoms with Crippen molar-refractivity contribution in [2.45, 2.75) is 25.4 Å². The van der Waals surface area contributed by atoms with Crippen molar-refractivity contribution in [2.75, 3.05) is 7.11 Å². The van der Waals surface area contributed by atoms with E-state index in [-0.39, 0.29) is 18.5 Å². The van der Waals surface area contributed by atoms with Crippen LogP contribution >= 0.6 is 11.6 Å². The summed E-state index contributed by atoms with van der Waals surface area (Å²) in [6.07, 6.45) is 4.23. The molecule has 0 saturated heterocycles. The SMILES string of the molecule is COc1ccc(C(NC(=O)Cn2ccc3ccc(Cl)cc32)C2CC2)cc1. The largest absolute Gasteiger partial charge is 0.497 e. The molecule has 1 aliphatic carbocycles. The van der Waals surface area contributed by atoms with Crippen LogP contribution in [0.15, 0.2) is 54.7 Å². The number of amides is 1. The summed E-state index contributed by atoms with van der Waals surface area (Å²) in [5.74, 6) is 1.35. The topological polar surface area (TPSA) is 43.3 Å². The van der Waals surface area contributed by atoms with Crippen molar-refractivity contribution in [2.24, 2.45) is 5.92 Å². The van der Waals surface area contributed by atoms with Crippen LogP contribution in [0.1, 0.15) is 24.4 Å². The van der Waals surface area contributed by atoms with Crippen LogP contribution in [0.2, 0.25) is 5.02 Å². The van der Waals surface area contributed by atoms with Crippen molar-refractivity contribution in [3.05, 3.63) is 65.3 Å². The fourth-order valence-corrected chi connectivity index (χ4v) is 3.55. The fourth-order valence-electron chi connectivity index (χ4n) is 3.38. The van der Waals surface area contributed by atoms with Crippen LogP contribution in [-0.4, -0.2) is 17.6 Å². The maximum atomic E-state index is 12.7. The van der Waals surface area contributed by atoms with E-state index in [9.17, 15) is 4.79 Å². The van der Waals surface area contributed by atoms with Crippen molar-refractivity contribution in [1.29, 1.82) is 0 Å². The minimum atomic E-state index is 0.00944. The van der Waals surface area contributed by atoms with E-state index in [0.717, 1.165) is 35.1 Å². The van der Waals surface area contributed by atoms with Gasteiger partial charge in [0.2, 0.25) is 5.91 Å². The molecule has 1 atom stereocenters. The van der Waals surface area contributed by atoms with Gasteiger partial charge in [-0.25, -0.2) is 0 Å². The van der Waals surface area contributed by atoms with Gasteiger partial charge in [-0.2, -0.15) is 0 Å². The molecule has 4 rings (SSSR count). The Balaban J connectivity index is 1.50. The van der Waals surface area contributed by atoms with Crippen molar-refractivity contribution in [3.63, 3.8) is 0 Å². The number of rotatable bonds is 6. The lowest BCUT2D eigenvalue weighted by atomic mass is 10.0. The molecule has 26 heavy (non-hydrogen) atoms. The second-order valence-electron chi connectivity index (χ2n) is 6.80. The summed E-state index contributed by atoms with van der Waals surface area (Å²) in [5.41, 5.74) is 2.10. The Morgan fingerprint density at radius 2 is 2.00 bits per heavy atom. The van der Waals surface area contributed by atoms with E-state index in [1.807, 2.05) is 59.3 Å². The molecule has 1 aromatic heterocycles. The van der Waals surface area contributed by atoms with E-state index in [2.05, 4.69) is 5.32 Å². The average molecular weight is 369 g/mol. The highest BCUT2D eigenvalue weighted by atomic mass is 35.5. The van der Waals surface area contributed by atoms with Crippen LogP contribution in [0, 0.1) is 5.92 Å². The molecule has 1 N–H and O–H groups in total. The molecule has 0 bridgehead atoms. The zero-order chi connectivity index (χ0) is 18.1.